The van der Waals surface area contributed by atoms with Gasteiger partial charge in [-0.05, 0) is 11.8 Å². The number of sulfone groups is 1. The van der Waals surface area contributed by atoms with Crippen molar-refractivity contribution >= 4 is 15.7 Å². The Balaban J connectivity index is 2.32. The van der Waals surface area contributed by atoms with Gasteiger partial charge in [0.1, 0.15) is 0 Å². The molecule has 1 fully saturated rings. The van der Waals surface area contributed by atoms with Crippen LogP contribution in [0.2, 0.25) is 0 Å². The molecule has 1 aliphatic rings. The van der Waals surface area contributed by atoms with E-state index in [4.69, 9.17) is 0 Å². The second kappa shape index (κ2) is 6.52. The molecule has 2 N–H and O–H groups in total. The standard InChI is InChI=1S/C12H24N2O3S/c1-9(2)10(3)7-14-12(15)6-11-8-18(16,17)5-4-13-11/h9-11,13H,4-8H2,1-3H3,(H,14,15). The smallest absolute Gasteiger partial charge is 0.221 e. The molecular weight excluding hydrogens is 252 g/mol. The van der Waals surface area contributed by atoms with Crippen LogP contribution < -0.4 is 10.6 Å². The molecule has 0 bridgehead atoms. The van der Waals surface area contributed by atoms with Crippen LogP contribution >= 0.6 is 0 Å². The largest absolute Gasteiger partial charge is 0.356 e. The molecule has 0 saturated carbocycles. The maximum Gasteiger partial charge on any atom is 0.221 e. The molecule has 0 aromatic heterocycles. The molecule has 6 heteroatoms. The highest BCUT2D eigenvalue weighted by atomic mass is 32.2. The van der Waals surface area contributed by atoms with E-state index in [1.54, 1.807) is 0 Å². The van der Waals surface area contributed by atoms with E-state index >= 15 is 0 Å². The summed E-state index contributed by atoms with van der Waals surface area (Å²) in [7, 11) is -2.96. The Bertz CT molecular complexity index is 379. The fraction of sp³-hybridized carbons (Fsp3) is 0.917. The summed E-state index contributed by atoms with van der Waals surface area (Å²) in [5.41, 5.74) is 0. The highest BCUT2D eigenvalue weighted by Crippen LogP contribution is 2.08. The highest BCUT2D eigenvalue weighted by Gasteiger charge is 2.25. The van der Waals surface area contributed by atoms with Gasteiger partial charge in [0.15, 0.2) is 9.84 Å². The summed E-state index contributed by atoms with van der Waals surface area (Å²) in [6.45, 7) is 7.42. The lowest BCUT2D eigenvalue weighted by molar-refractivity contribution is -0.121. The van der Waals surface area contributed by atoms with Crippen LogP contribution in [0.1, 0.15) is 27.2 Å². The quantitative estimate of drug-likeness (QED) is 0.751. The number of nitrogens with one attached hydrogen (secondary N) is 2. The minimum absolute atomic E-state index is 0.0696. The number of carbonyl (C=O) groups is 1. The van der Waals surface area contributed by atoms with Gasteiger partial charge in [-0.1, -0.05) is 20.8 Å². The van der Waals surface area contributed by atoms with Crippen molar-refractivity contribution in [2.24, 2.45) is 11.8 Å². The third-order valence-corrected chi connectivity index (χ3v) is 5.23. The maximum atomic E-state index is 11.7. The first-order valence-corrected chi connectivity index (χ1v) is 8.33. The Hall–Kier alpha value is -0.620. The number of amides is 1. The second-order valence-corrected chi connectivity index (χ2v) is 7.72. The Morgan fingerprint density at radius 3 is 2.61 bits per heavy atom. The van der Waals surface area contributed by atoms with Crippen LogP contribution in [-0.2, 0) is 14.6 Å². The van der Waals surface area contributed by atoms with Crippen molar-refractivity contribution in [2.75, 3.05) is 24.6 Å². The molecule has 1 heterocycles. The van der Waals surface area contributed by atoms with Gasteiger partial charge in [-0.3, -0.25) is 4.79 Å². The van der Waals surface area contributed by atoms with Crippen molar-refractivity contribution in [3.8, 4) is 0 Å². The van der Waals surface area contributed by atoms with Gasteiger partial charge in [-0.25, -0.2) is 8.42 Å². The fourth-order valence-electron chi connectivity index (χ4n) is 1.80. The monoisotopic (exact) mass is 276 g/mol. The minimum atomic E-state index is -2.96. The number of rotatable bonds is 5. The zero-order valence-corrected chi connectivity index (χ0v) is 12.2. The molecule has 1 saturated heterocycles. The van der Waals surface area contributed by atoms with Crippen molar-refractivity contribution < 1.29 is 13.2 Å². The summed E-state index contributed by atoms with van der Waals surface area (Å²) in [5.74, 6) is 1.13. The molecule has 0 aliphatic carbocycles. The van der Waals surface area contributed by atoms with E-state index in [0.29, 0.717) is 24.9 Å². The SMILES string of the molecule is CC(C)C(C)CNC(=O)CC1CS(=O)(=O)CCN1. The first-order valence-electron chi connectivity index (χ1n) is 6.50. The topological polar surface area (TPSA) is 75.3 Å². The average Bonchev–Trinajstić information content (AvgIpc) is 2.24. The lowest BCUT2D eigenvalue weighted by Gasteiger charge is -2.23. The third kappa shape index (κ3) is 5.35. The molecule has 1 aliphatic heterocycles. The van der Waals surface area contributed by atoms with E-state index in [0.717, 1.165) is 0 Å². The lowest BCUT2D eigenvalue weighted by atomic mass is 9.98. The van der Waals surface area contributed by atoms with E-state index in [9.17, 15) is 13.2 Å². The summed E-state index contributed by atoms with van der Waals surface area (Å²) in [4.78, 5) is 11.7. The third-order valence-electron chi connectivity index (χ3n) is 3.49. The van der Waals surface area contributed by atoms with Gasteiger partial charge in [0.2, 0.25) is 5.91 Å². The summed E-state index contributed by atoms with van der Waals surface area (Å²) in [6.07, 6.45) is 0.240. The van der Waals surface area contributed by atoms with Crippen molar-refractivity contribution in [2.45, 2.75) is 33.2 Å². The molecule has 0 spiro atoms. The first-order chi connectivity index (χ1) is 8.30. The molecule has 1 amide bonds. The number of hydrogen-bond acceptors (Lipinski definition) is 4. The van der Waals surface area contributed by atoms with Crippen LogP contribution in [0.5, 0.6) is 0 Å². The second-order valence-electron chi connectivity index (χ2n) is 5.49. The Kier molecular flexibility index (Phi) is 5.59. The van der Waals surface area contributed by atoms with E-state index in [-0.39, 0.29) is 29.9 Å². The van der Waals surface area contributed by atoms with Gasteiger partial charge in [0.05, 0.1) is 11.5 Å². The Morgan fingerprint density at radius 2 is 2.06 bits per heavy atom. The van der Waals surface area contributed by atoms with E-state index in [2.05, 4.69) is 31.4 Å². The van der Waals surface area contributed by atoms with Gasteiger partial charge in [-0.15, -0.1) is 0 Å². The first kappa shape index (κ1) is 15.4. The van der Waals surface area contributed by atoms with Crippen molar-refractivity contribution in [3.63, 3.8) is 0 Å². The van der Waals surface area contributed by atoms with Crippen LogP contribution in [0, 0.1) is 11.8 Å². The van der Waals surface area contributed by atoms with Gasteiger partial charge in [0.25, 0.3) is 0 Å². The molecular formula is C12H24N2O3S. The van der Waals surface area contributed by atoms with Crippen molar-refractivity contribution in [3.05, 3.63) is 0 Å². The van der Waals surface area contributed by atoms with Crippen LogP contribution in [-0.4, -0.2) is 45.0 Å². The minimum Gasteiger partial charge on any atom is -0.356 e. The zero-order chi connectivity index (χ0) is 13.8. The van der Waals surface area contributed by atoms with Crippen molar-refractivity contribution in [1.82, 2.24) is 10.6 Å². The number of hydrogen-bond donors (Lipinski definition) is 2. The fourth-order valence-corrected chi connectivity index (χ4v) is 3.25. The number of carbonyl (C=O) groups excluding carboxylic acids is 1. The summed E-state index contributed by atoms with van der Waals surface area (Å²) in [5, 5.41) is 5.94. The highest BCUT2D eigenvalue weighted by molar-refractivity contribution is 7.91. The molecule has 2 atom stereocenters. The maximum absolute atomic E-state index is 11.7. The van der Waals surface area contributed by atoms with Gasteiger partial charge in [-0.2, -0.15) is 0 Å². The van der Waals surface area contributed by atoms with Gasteiger partial charge in [0, 0.05) is 25.6 Å². The molecule has 5 nitrogen and oxygen atoms in total. The van der Waals surface area contributed by atoms with Gasteiger partial charge >= 0.3 is 0 Å². The average molecular weight is 276 g/mol. The Morgan fingerprint density at radius 1 is 1.39 bits per heavy atom. The summed E-state index contributed by atoms with van der Waals surface area (Å²) in [6, 6.07) is -0.238. The van der Waals surface area contributed by atoms with Crippen LogP contribution in [0.25, 0.3) is 0 Å². The summed E-state index contributed by atoms with van der Waals surface area (Å²) < 4.78 is 22.9. The molecule has 0 aromatic rings. The van der Waals surface area contributed by atoms with Gasteiger partial charge < -0.3 is 10.6 Å². The van der Waals surface area contributed by atoms with Crippen LogP contribution in [0.3, 0.4) is 0 Å². The molecule has 0 radical (unpaired) electrons. The summed E-state index contributed by atoms with van der Waals surface area (Å²) >= 11 is 0. The molecule has 18 heavy (non-hydrogen) atoms. The predicted molar refractivity (Wildman–Crippen MR) is 72.1 cm³/mol. The van der Waals surface area contributed by atoms with E-state index in [1.165, 1.54) is 0 Å². The molecule has 0 aromatic carbocycles. The molecule has 2 unspecified atom stereocenters. The normalized spacial score (nSPS) is 24.8. The lowest BCUT2D eigenvalue weighted by Crippen LogP contribution is -2.47. The zero-order valence-electron chi connectivity index (χ0n) is 11.4. The molecule has 106 valence electrons. The van der Waals surface area contributed by atoms with E-state index < -0.39 is 9.84 Å². The van der Waals surface area contributed by atoms with Crippen molar-refractivity contribution in [1.29, 1.82) is 0 Å². The Labute approximate surface area is 110 Å². The molecule has 1 rings (SSSR count). The van der Waals surface area contributed by atoms with Crippen LogP contribution in [0.4, 0.5) is 0 Å². The van der Waals surface area contributed by atoms with E-state index in [1.807, 2.05) is 0 Å². The predicted octanol–water partition coefficient (Wildman–Crippen LogP) is 0.171. The van der Waals surface area contributed by atoms with Crippen LogP contribution in [0.15, 0.2) is 0 Å².